The van der Waals surface area contributed by atoms with Crippen molar-refractivity contribution in [3.05, 3.63) is 54.5 Å². The van der Waals surface area contributed by atoms with E-state index in [-0.39, 0.29) is 11.9 Å². The Morgan fingerprint density at radius 3 is 2.87 bits per heavy atom. The number of nitrogens with one attached hydrogen (secondary N) is 1. The van der Waals surface area contributed by atoms with E-state index in [0.717, 1.165) is 48.7 Å². The largest absolute Gasteiger partial charge is 0.376 e. The number of rotatable bonds is 4. The summed E-state index contributed by atoms with van der Waals surface area (Å²) in [5, 5.41) is 3.47. The van der Waals surface area contributed by atoms with Gasteiger partial charge in [-0.25, -0.2) is 9.37 Å². The van der Waals surface area contributed by atoms with Crippen LogP contribution in [-0.4, -0.2) is 28.6 Å². The van der Waals surface area contributed by atoms with E-state index < -0.39 is 0 Å². The maximum absolute atomic E-state index is 13.2. The molecule has 3 aromatic rings. The first-order chi connectivity index (χ1) is 11.3. The molecule has 1 fully saturated rings. The molecule has 1 saturated heterocycles. The lowest BCUT2D eigenvalue weighted by atomic mass is 10.1. The quantitative estimate of drug-likeness (QED) is 0.798. The summed E-state index contributed by atoms with van der Waals surface area (Å²) in [5.41, 5.74) is 2.58. The van der Waals surface area contributed by atoms with Crippen molar-refractivity contribution in [1.29, 1.82) is 0 Å². The summed E-state index contributed by atoms with van der Waals surface area (Å²) < 4.78 is 20.9. The highest BCUT2D eigenvalue weighted by molar-refractivity contribution is 5.76. The van der Waals surface area contributed by atoms with Crippen LogP contribution in [0.4, 0.5) is 10.2 Å². The first-order valence-corrected chi connectivity index (χ1v) is 7.90. The van der Waals surface area contributed by atoms with E-state index in [1.807, 2.05) is 28.8 Å². The third-order valence-corrected chi connectivity index (χ3v) is 4.17. The molecule has 1 N–H and O–H groups in total. The zero-order valence-electron chi connectivity index (χ0n) is 12.7. The monoisotopic (exact) mass is 311 g/mol. The number of imidazole rings is 1. The van der Waals surface area contributed by atoms with E-state index in [1.54, 1.807) is 12.1 Å². The van der Waals surface area contributed by atoms with Crippen molar-refractivity contribution in [3.8, 4) is 11.3 Å². The molecule has 1 atom stereocenters. The first kappa shape index (κ1) is 14.2. The van der Waals surface area contributed by atoms with Gasteiger partial charge in [0.15, 0.2) is 0 Å². The van der Waals surface area contributed by atoms with Gasteiger partial charge in [0.2, 0.25) is 0 Å². The lowest BCUT2D eigenvalue weighted by molar-refractivity contribution is 0.120. The fourth-order valence-corrected chi connectivity index (χ4v) is 2.99. The summed E-state index contributed by atoms with van der Waals surface area (Å²) in [7, 11) is 0. The van der Waals surface area contributed by atoms with Gasteiger partial charge in [-0.15, -0.1) is 0 Å². The Kier molecular flexibility index (Phi) is 3.71. The molecule has 0 bridgehead atoms. The summed E-state index contributed by atoms with van der Waals surface area (Å²) >= 11 is 0. The Morgan fingerprint density at radius 2 is 2.09 bits per heavy atom. The van der Waals surface area contributed by atoms with E-state index in [0.29, 0.717) is 0 Å². The topological polar surface area (TPSA) is 38.6 Å². The highest BCUT2D eigenvalue weighted by Gasteiger charge is 2.18. The Labute approximate surface area is 133 Å². The molecule has 0 radical (unpaired) electrons. The molecule has 23 heavy (non-hydrogen) atoms. The molecule has 1 aromatic carbocycles. The van der Waals surface area contributed by atoms with Crippen molar-refractivity contribution in [1.82, 2.24) is 9.38 Å². The second-order valence-electron chi connectivity index (χ2n) is 5.76. The predicted molar refractivity (Wildman–Crippen MR) is 88.0 cm³/mol. The summed E-state index contributed by atoms with van der Waals surface area (Å²) in [4.78, 5) is 4.70. The standard InChI is InChI=1S/C18H18FN3O/c19-14-8-6-13(7-9-14)17-18(20-12-15-4-3-11-23-15)22-10-2-1-5-16(22)21-17/h1-2,5-10,15,20H,3-4,11-12H2/t15-/m0/s1. The minimum atomic E-state index is -0.244. The number of halogens is 1. The van der Waals surface area contributed by atoms with E-state index in [9.17, 15) is 4.39 Å². The van der Waals surface area contributed by atoms with Gasteiger partial charge in [0.25, 0.3) is 0 Å². The fourth-order valence-electron chi connectivity index (χ4n) is 2.99. The molecule has 118 valence electrons. The molecule has 0 amide bonds. The number of benzene rings is 1. The summed E-state index contributed by atoms with van der Waals surface area (Å²) in [6, 6.07) is 12.3. The van der Waals surface area contributed by atoms with Crippen LogP contribution in [0.1, 0.15) is 12.8 Å². The molecule has 2 aromatic heterocycles. The van der Waals surface area contributed by atoms with Gasteiger partial charge in [0.1, 0.15) is 23.0 Å². The number of aromatic nitrogens is 2. The van der Waals surface area contributed by atoms with Gasteiger partial charge in [-0.1, -0.05) is 6.07 Å². The smallest absolute Gasteiger partial charge is 0.139 e. The Morgan fingerprint density at radius 1 is 1.22 bits per heavy atom. The third-order valence-electron chi connectivity index (χ3n) is 4.17. The molecule has 4 nitrogen and oxygen atoms in total. The highest BCUT2D eigenvalue weighted by Crippen LogP contribution is 2.29. The van der Waals surface area contributed by atoms with Crippen LogP contribution in [0, 0.1) is 5.82 Å². The number of hydrogen-bond acceptors (Lipinski definition) is 3. The third kappa shape index (κ3) is 2.80. The second-order valence-corrected chi connectivity index (χ2v) is 5.76. The lowest BCUT2D eigenvalue weighted by Gasteiger charge is -2.13. The van der Waals surface area contributed by atoms with Crippen molar-refractivity contribution in [2.24, 2.45) is 0 Å². The maximum atomic E-state index is 13.2. The van der Waals surface area contributed by atoms with Gasteiger partial charge in [-0.3, -0.25) is 4.40 Å². The van der Waals surface area contributed by atoms with Crippen LogP contribution in [-0.2, 0) is 4.74 Å². The highest BCUT2D eigenvalue weighted by atomic mass is 19.1. The molecule has 3 heterocycles. The number of ether oxygens (including phenoxy) is 1. The van der Waals surface area contributed by atoms with Crippen molar-refractivity contribution >= 4 is 11.5 Å². The van der Waals surface area contributed by atoms with Crippen LogP contribution >= 0.6 is 0 Å². The normalized spacial score (nSPS) is 17.7. The average molecular weight is 311 g/mol. The van der Waals surface area contributed by atoms with E-state index >= 15 is 0 Å². The maximum Gasteiger partial charge on any atom is 0.139 e. The predicted octanol–water partition coefficient (Wildman–Crippen LogP) is 3.73. The number of nitrogens with zero attached hydrogens (tertiary/aromatic N) is 2. The fraction of sp³-hybridized carbons (Fsp3) is 0.278. The van der Waals surface area contributed by atoms with Gasteiger partial charge in [0.05, 0.1) is 6.10 Å². The van der Waals surface area contributed by atoms with Crippen molar-refractivity contribution < 1.29 is 9.13 Å². The Bertz CT molecular complexity index is 807. The van der Waals surface area contributed by atoms with Crippen LogP contribution < -0.4 is 5.32 Å². The zero-order valence-corrected chi connectivity index (χ0v) is 12.7. The van der Waals surface area contributed by atoms with Crippen LogP contribution in [0.2, 0.25) is 0 Å². The van der Waals surface area contributed by atoms with Crippen LogP contribution in [0.5, 0.6) is 0 Å². The Balaban J connectivity index is 1.72. The van der Waals surface area contributed by atoms with Crippen LogP contribution in [0.3, 0.4) is 0 Å². The number of fused-ring (bicyclic) bond motifs is 1. The van der Waals surface area contributed by atoms with Gasteiger partial charge in [0, 0.05) is 24.9 Å². The summed E-state index contributed by atoms with van der Waals surface area (Å²) in [6.07, 6.45) is 4.41. The van der Waals surface area contributed by atoms with Gasteiger partial charge in [-0.05, 0) is 49.2 Å². The molecule has 1 aliphatic heterocycles. The minimum Gasteiger partial charge on any atom is -0.376 e. The first-order valence-electron chi connectivity index (χ1n) is 7.90. The lowest BCUT2D eigenvalue weighted by Crippen LogP contribution is -2.19. The van der Waals surface area contributed by atoms with Gasteiger partial charge >= 0.3 is 0 Å². The summed E-state index contributed by atoms with van der Waals surface area (Å²) in [5.74, 6) is 0.675. The van der Waals surface area contributed by atoms with Gasteiger partial charge in [-0.2, -0.15) is 0 Å². The van der Waals surface area contributed by atoms with Crippen molar-refractivity contribution in [2.75, 3.05) is 18.5 Å². The molecule has 0 saturated carbocycles. The van der Waals surface area contributed by atoms with Gasteiger partial charge < -0.3 is 10.1 Å². The minimum absolute atomic E-state index is 0.241. The molecule has 4 rings (SSSR count). The molecule has 0 spiro atoms. The molecule has 1 aliphatic rings. The van der Waals surface area contributed by atoms with Crippen LogP contribution in [0.15, 0.2) is 48.7 Å². The van der Waals surface area contributed by atoms with Crippen molar-refractivity contribution in [2.45, 2.75) is 18.9 Å². The molecular weight excluding hydrogens is 293 g/mol. The van der Waals surface area contributed by atoms with E-state index in [2.05, 4.69) is 5.32 Å². The number of hydrogen-bond donors (Lipinski definition) is 1. The molecular formula is C18H18FN3O. The SMILES string of the molecule is Fc1ccc(-c2nc3ccccn3c2NC[C@@H]2CCCO2)cc1. The van der Waals surface area contributed by atoms with E-state index in [4.69, 9.17) is 9.72 Å². The molecule has 0 aliphatic carbocycles. The summed E-state index contributed by atoms with van der Waals surface area (Å²) in [6.45, 7) is 1.58. The Hall–Kier alpha value is -2.40. The van der Waals surface area contributed by atoms with E-state index in [1.165, 1.54) is 12.1 Å². The zero-order chi connectivity index (χ0) is 15.6. The molecule has 0 unspecified atom stereocenters. The van der Waals surface area contributed by atoms with Crippen molar-refractivity contribution in [3.63, 3.8) is 0 Å². The number of pyridine rings is 1. The van der Waals surface area contributed by atoms with Crippen LogP contribution in [0.25, 0.3) is 16.9 Å². The molecule has 5 heteroatoms. The average Bonchev–Trinajstić information content (AvgIpc) is 3.21. The number of anilines is 1. The second kappa shape index (κ2) is 6.01.